The van der Waals surface area contributed by atoms with Crippen LogP contribution in [0, 0.1) is 11.7 Å². The molecule has 1 aliphatic heterocycles. The Morgan fingerprint density at radius 3 is 2.33 bits per heavy atom. The molecule has 1 heterocycles. The van der Waals surface area contributed by atoms with E-state index in [0.717, 1.165) is 49.5 Å². The molecule has 2 aromatic carbocycles. The van der Waals surface area contributed by atoms with Crippen LogP contribution in [-0.4, -0.2) is 30.0 Å². The van der Waals surface area contributed by atoms with E-state index in [1.807, 2.05) is 50.2 Å². The highest BCUT2D eigenvalue weighted by Gasteiger charge is 2.25. The number of benzene rings is 2. The number of ether oxygens (including phenoxy) is 1. The van der Waals surface area contributed by atoms with Crippen molar-refractivity contribution in [3.05, 3.63) is 59.9 Å². The van der Waals surface area contributed by atoms with Gasteiger partial charge in [0.1, 0.15) is 11.6 Å². The molecule has 0 atom stereocenters. The maximum absolute atomic E-state index is 13.0. The van der Waals surface area contributed by atoms with Gasteiger partial charge in [0.25, 0.3) is 0 Å². The van der Waals surface area contributed by atoms with Gasteiger partial charge in [-0.2, -0.15) is 0 Å². The first kappa shape index (κ1) is 19.4. The van der Waals surface area contributed by atoms with Crippen LogP contribution in [0.25, 0.3) is 0 Å². The Labute approximate surface area is 160 Å². The third-order valence-electron chi connectivity index (χ3n) is 4.77. The number of amides is 1. The second-order valence-electron chi connectivity index (χ2n) is 7.36. The van der Waals surface area contributed by atoms with Gasteiger partial charge in [0.15, 0.2) is 0 Å². The average Bonchev–Trinajstić information content (AvgIpc) is 2.65. The van der Waals surface area contributed by atoms with Crippen LogP contribution in [-0.2, 0) is 11.3 Å². The highest BCUT2D eigenvalue weighted by atomic mass is 19.1. The van der Waals surface area contributed by atoms with E-state index in [1.54, 1.807) is 0 Å². The van der Waals surface area contributed by atoms with Crippen molar-refractivity contribution in [2.24, 2.45) is 5.92 Å². The first-order valence-electron chi connectivity index (χ1n) is 9.54. The van der Waals surface area contributed by atoms with Gasteiger partial charge in [0.2, 0.25) is 5.91 Å². The molecule has 1 saturated heterocycles. The fraction of sp³-hybridized carbons (Fsp3) is 0.409. The van der Waals surface area contributed by atoms with Crippen molar-refractivity contribution in [3.8, 4) is 5.75 Å². The zero-order valence-corrected chi connectivity index (χ0v) is 16.0. The fourth-order valence-corrected chi connectivity index (χ4v) is 3.33. The topological polar surface area (TPSA) is 41.6 Å². The summed E-state index contributed by atoms with van der Waals surface area (Å²) >= 11 is 0. The molecule has 2 aromatic rings. The number of nitrogens with zero attached hydrogens (tertiary/aromatic N) is 1. The van der Waals surface area contributed by atoms with E-state index in [9.17, 15) is 9.18 Å². The van der Waals surface area contributed by atoms with Crippen LogP contribution in [0.5, 0.6) is 5.75 Å². The van der Waals surface area contributed by atoms with Crippen molar-refractivity contribution >= 4 is 11.6 Å². The lowest BCUT2D eigenvalue weighted by Crippen LogP contribution is -2.37. The van der Waals surface area contributed by atoms with Gasteiger partial charge in [0, 0.05) is 18.2 Å². The Kier molecular flexibility index (Phi) is 6.45. The molecule has 0 saturated carbocycles. The van der Waals surface area contributed by atoms with Gasteiger partial charge >= 0.3 is 0 Å². The van der Waals surface area contributed by atoms with Crippen LogP contribution in [0.2, 0.25) is 0 Å². The molecule has 0 unspecified atom stereocenters. The summed E-state index contributed by atoms with van der Waals surface area (Å²) in [6.45, 7) is 6.51. The molecular weight excluding hydrogens is 343 g/mol. The third-order valence-corrected chi connectivity index (χ3v) is 4.77. The first-order chi connectivity index (χ1) is 13.0. The molecule has 1 fully saturated rings. The summed E-state index contributed by atoms with van der Waals surface area (Å²) in [5, 5.41) is 3.01. The van der Waals surface area contributed by atoms with Crippen LogP contribution in [0.4, 0.5) is 10.1 Å². The zero-order chi connectivity index (χ0) is 19.2. The van der Waals surface area contributed by atoms with Gasteiger partial charge < -0.3 is 10.1 Å². The quantitative estimate of drug-likeness (QED) is 0.816. The number of halogens is 1. The van der Waals surface area contributed by atoms with Crippen molar-refractivity contribution < 1.29 is 13.9 Å². The molecule has 1 aliphatic rings. The summed E-state index contributed by atoms with van der Waals surface area (Å²) in [6, 6.07) is 14.1. The molecular formula is C22H27FN2O2. The summed E-state index contributed by atoms with van der Waals surface area (Å²) in [4.78, 5) is 14.8. The Hall–Kier alpha value is -2.40. The summed E-state index contributed by atoms with van der Waals surface area (Å²) in [5.74, 6) is 0.699. The van der Waals surface area contributed by atoms with Crippen molar-refractivity contribution in [1.29, 1.82) is 0 Å². The molecule has 1 N–H and O–H groups in total. The van der Waals surface area contributed by atoms with E-state index in [4.69, 9.17) is 4.74 Å². The molecule has 144 valence electrons. The summed E-state index contributed by atoms with van der Waals surface area (Å²) in [6.07, 6.45) is 1.80. The Morgan fingerprint density at radius 1 is 1.11 bits per heavy atom. The predicted molar refractivity (Wildman–Crippen MR) is 105 cm³/mol. The van der Waals surface area contributed by atoms with E-state index in [2.05, 4.69) is 10.2 Å². The van der Waals surface area contributed by atoms with Crippen molar-refractivity contribution in [1.82, 2.24) is 4.90 Å². The van der Waals surface area contributed by atoms with Crippen LogP contribution >= 0.6 is 0 Å². The molecule has 1 amide bonds. The van der Waals surface area contributed by atoms with E-state index < -0.39 is 0 Å². The van der Waals surface area contributed by atoms with Gasteiger partial charge in [-0.3, -0.25) is 9.69 Å². The Balaban J connectivity index is 1.46. The van der Waals surface area contributed by atoms with Crippen molar-refractivity contribution in [2.45, 2.75) is 39.3 Å². The maximum atomic E-state index is 13.0. The number of nitrogens with one attached hydrogen (secondary N) is 1. The molecule has 0 bridgehead atoms. The van der Waals surface area contributed by atoms with Crippen molar-refractivity contribution in [2.75, 3.05) is 18.4 Å². The molecule has 0 radical (unpaired) electrons. The van der Waals surface area contributed by atoms with Gasteiger partial charge in [0.05, 0.1) is 6.10 Å². The van der Waals surface area contributed by atoms with Gasteiger partial charge in [-0.1, -0.05) is 12.1 Å². The van der Waals surface area contributed by atoms with Gasteiger partial charge in [-0.25, -0.2) is 4.39 Å². The summed E-state index contributed by atoms with van der Waals surface area (Å²) in [5.41, 5.74) is 1.90. The maximum Gasteiger partial charge on any atom is 0.227 e. The fourth-order valence-electron chi connectivity index (χ4n) is 3.33. The minimum Gasteiger partial charge on any atom is -0.491 e. The normalized spacial score (nSPS) is 15.7. The predicted octanol–water partition coefficient (Wildman–Crippen LogP) is 4.46. The van der Waals surface area contributed by atoms with Gasteiger partial charge in [-0.15, -0.1) is 0 Å². The van der Waals surface area contributed by atoms with Crippen LogP contribution in [0.3, 0.4) is 0 Å². The Bertz CT molecular complexity index is 736. The van der Waals surface area contributed by atoms with Crippen LogP contribution in [0.1, 0.15) is 32.3 Å². The molecule has 5 heteroatoms. The van der Waals surface area contributed by atoms with E-state index in [0.29, 0.717) is 0 Å². The molecule has 3 rings (SSSR count). The summed E-state index contributed by atoms with van der Waals surface area (Å²) < 4.78 is 18.6. The van der Waals surface area contributed by atoms with Crippen molar-refractivity contribution in [3.63, 3.8) is 0 Å². The monoisotopic (exact) mass is 370 g/mol. The Morgan fingerprint density at radius 2 is 1.74 bits per heavy atom. The highest BCUT2D eigenvalue weighted by molar-refractivity contribution is 5.92. The highest BCUT2D eigenvalue weighted by Crippen LogP contribution is 2.22. The lowest BCUT2D eigenvalue weighted by Gasteiger charge is -2.31. The SMILES string of the molecule is CC(C)Oc1ccc(NC(=O)C2CCN(Cc3ccc(F)cc3)CC2)cc1. The molecule has 4 nitrogen and oxygen atoms in total. The number of carbonyl (C=O) groups is 1. The van der Waals surface area contributed by atoms with E-state index in [1.165, 1.54) is 12.1 Å². The average molecular weight is 370 g/mol. The number of piperidine rings is 1. The zero-order valence-electron chi connectivity index (χ0n) is 16.0. The molecule has 0 aromatic heterocycles. The second kappa shape index (κ2) is 9.00. The number of rotatable bonds is 6. The molecule has 27 heavy (non-hydrogen) atoms. The standard InChI is InChI=1S/C22H27FN2O2/c1-16(2)27-21-9-7-20(8-10-21)24-22(26)18-11-13-25(14-12-18)15-17-3-5-19(23)6-4-17/h3-10,16,18H,11-15H2,1-2H3,(H,24,26). The van der Waals surface area contributed by atoms with E-state index >= 15 is 0 Å². The van der Waals surface area contributed by atoms with E-state index in [-0.39, 0.29) is 23.7 Å². The third kappa shape index (κ3) is 5.79. The molecule has 0 aliphatic carbocycles. The minimum absolute atomic E-state index is 0.0288. The lowest BCUT2D eigenvalue weighted by atomic mass is 9.95. The molecule has 0 spiro atoms. The lowest BCUT2D eigenvalue weighted by molar-refractivity contribution is -0.121. The minimum atomic E-state index is -0.210. The number of anilines is 1. The second-order valence-corrected chi connectivity index (χ2v) is 7.36. The number of hydrogen-bond acceptors (Lipinski definition) is 3. The number of likely N-dealkylation sites (tertiary alicyclic amines) is 1. The van der Waals surface area contributed by atoms with Crippen LogP contribution in [0.15, 0.2) is 48.5 Å². The smallest absolute Gasteiger partial charge is 0.227 e. The summed E-state index contributed by atoms with van der Waals surface area (Å²) in [7, 11) is 0. The van der Waals surface area contributed by atoms with Gasteiger partial charge in [-0.05, 0) is 81.7 Å². The first-order valence-corrected chi connectivity index (χ1v) is 9.54. The largest absolute Gasteiger partial charge is 0.491 e. The number of carbonyl (C=O) groups excluding carboxylic acids is 1. The number of hydrogen-bond donors (Lipinski definition) is 1. The van der Waals surface area contributed by atoms with Crippen LogP contribution < -0.4 is 10.1 Å².